The first kappa shape index (κ1) is 19.5. The average molecular weight is 385 g/mol. The van der Waals surface area contributed by atoms with Gasteiger partial charge in [-0.15, -0.1) is 0 Å². The molecule has 0 saturated carbocycles. The van der Waals surface area contributed by atoms with E-state index in [-0.39, 0.29) is 23.1 Å². The van der Waals surface area contributed by atoms with Crippen LogP contribution in [0.2, 0.25) is 5.02 Å². The first-order valence-electron chi connectivity index (χ1n) is 7.90. The standard InChI is InChI=1S/C17H21ClN2O4S/c1-13(2)24-15-5-7-16(8-6-15)25(22,23)19-10-3-11-20-12-14(18)4-9-17(20)21/h4-9,12-13,19H,3,10-11H2,1-2H3. The lowest BCUT2D eigenvalue weighted by Crippen LogP contribution is -2.27. The number of hydrogen-bond donors (Lipinski definition) is 1. The van der Waals surface area contributed by atoms with E-state index in [1.165, 1.54) is 35.0 Å². The van der Waals surface area contributed by atoms with Crippen LogP contribution in [0.15, 0.2) is 52.3 Å². The third-order valence-corrected chi connectivity index (χ3v) is 5.02. The van der Waals surface area contributed by atoms with E-state index in [4.69, 9.17) is 16.3 Å². The van der Waals surface area contributed by atoms with Gasteiger partial charge >= 0.3 is 0 Å². The minimum atomic E-state index is -3.60. The molecule has 0 bridgehead atoms. The van der Waals surface area contributed by atoms with Gasteiger partial charge in [-0.2, -0.15) is 0 Å². The van der Waals surface area contributed by atoms with Crippen LogP contribution in [0, 0.1) is 0 Å². The van der Waals surface area contributed by atoms with E-state index in [2.05, 4.69) is 4.72 Å². The Morgan fingerprint density at radius 1 is 1.16 bits per heavy atom. The molecule has 2 aromatic rings. The van der Waals surface area contributed by atoms with Gasteiger partial charge in [0.15, 0.2) is 0 Å². The van der Waals surface area contributed by atoms with Gasteiger partial charge in [-0.3, -0.25) is 4.79 Å². The zero-order chi connectivity index (χ0) is 18.4. The fraction of sp³-hybridized carbons (Fsp3) is 0.353. The third kappa shape index (κ3) is 5.88. The summed E-state index contributed by atoms with van der Waals surface area (Å²) < 4.78 is 34.0. The normalized spacial score (nSPS) is 11.7. The lowest BCUT2D eigenvalue weighted by molar-refractivity contribution is 0.242. The first-order chi connectivity index (χ1) is 11.8. The minimum absolute atomic E-state index is 0.0236. The predicted molar refractivity (Wildman–Crippen MR) is 97.7 cm³/mol. The van der Waals surface area contributed by atoms with E-state index < -0.39 is 10.0 Å². The number of ether oxygens (including phenoxy) is 1. The molecule has 0 amide bonds. The van der Waals surface area contributed by atoms with Crippen molar-refractivity contribution in [1.82, 2.24) is 9.29 Å². The van der Waals surface area contributed by atoms with Gasteiger partial charge in [0.05, 0.1) is 16.0 Å². The third-order valence-electron chi connectivity index (χ3n) is 3.32. The zero-order valence-electron chi connectivity index (χ0n) is 14.1. The second kappa shape index (κ2) is 8.51. The van der Waals surface area contributed by atoms with Crippen LogP contribution in [0.4, 0.5) is 0 Å². The Morgan fingerprint density at radius 2 is 1.84 bits per heavy atom. The smallest absolute Gasteiger partial charge is 0.250 e. The topological polar surface area (TPSA) is 77.4 Å². The minimum Gasteiger partial charge on any atom is -0.491 e. The summed E-state index contributed by atoms with van der Waals surface area (Å²) in [6.07, 6.45) is 2.02. The van der Waals surface area contributed by atoms with Crippen LogP contribution < -0.4 is 15.0 Å². The largest absolute Gasteiger partial charge is 0.491 e. The molecule has 2 rings (SSSR count). The number of halogens is 1. The lowest BCUT2D eigenvalue weighted by Gasteiger charge is -2.11. The van der Waals surface area contributed by atoms with E-state index >= 15 is 0 Å². The van der Waals surface area contributed by atoms with Crippen molar-refractivity contribution in [3.8, 4) is 5.75 Å². The molecule has 0 fully saturated rings. The number of nitrogens with zero attached hydrogens (tertiary/aromatic N) is 1. The summed E-state index contributed by atoms with van der Waals surface area (Å²) in [6.45, 7) is 4.39. The zero-order valence-corrected chi connectivity index (χ0v) is 15.7. The van der Waals surface area contributed by atoms with Crippen molar-refractivity contribution in [3.05, 3.63) is 58.0 Å². The first-order valence-corrected chi connectivity index (χ1v) is 9.76. The Labute approximate surface area is 152 Å². The summed E-state index contributed by atoms with van der Waals surface area (Å²) in [5, 5.41) is 0.462. The molecule has 1 aromatic carbocycles. The maximum Gasteiger partial charge on any atom is 0.250 e. The number of benzene rings is 1. The van der Waals surface area contributed by atoms with Crippen molar-refractivity contribution in [3.63, 3.8) is 0 Å². The Bertz CT molecular complexity index is 861. The molecular weight excluding hydrogens is 364 g/mol. The van der Waals surface area contributed by atoms with Crippen molar-refractivity contribution in [2.24, 2.45) is 0 Å². The molecule has 1 N–H and O–H groups in total. The highest BCUT2D eigenvalue weighted by Crippen LogP contribution is 2.17. The highest BCUT2D eigenvalue weighted by Gasteiger charge is 2.13. The molecular formula is C17H21ClN2O4S. The van der Waals surface area contributed by atoms with Crippen LogP contribution in [0.25, 0.3) is 0 Å². The van der Waals surface area contributed by atoms with E-state index in [9.17, 15) is 13.2 Å². The van der Waals surface area contributed by atoms with Crippen molar-refractivity contribution in [2.45, 2.75) is 37.8 Å². The quantitative estimate of drug-likeness (QED) is 0.710. The SMILES string of the molecule is CC(C)Oc1ccc(S(=O)(=O)NCCCn2cc(Cl)ccc2=O)cc1. The summed E-state index contributed by atoms with van der Waals surface area (Å²) in [5.74, 6) is 0.620. The lowest BCUT2D eigenvalue weighted by atomic mass is 10.3. The molecule has 0 atom stereocenters. The molecule has 1 heterocycles. The molecule has 0 spiro atoms. The molecule has 6 nitrogen and oxygen atoms in total. The number of rotatable bonds is 8. The summed E-state index contributed by atoms with van der Waals surface area (Å²) >= 11 is 5.84. The number of nitrogens with one attached hydrogen (secondary N) is 1. The number of sulfonamides is 1. The number of pyridine rings is 1. The maximum absolute atomic E-state index is 12.3. The molecule has 8 heteroatoms. The van der Waals surface area contributed by atoms with Crippen LogP contribution >= 0.6 is 11.6 Å². The number of aryl methyl sites for hydroxylation is 1. The van der Waals surface area contributed by atoms with Crippen LogP contribution in [0.3, 0.4) is 0 Å². The highest BCUT2D eigenvalue weighted by molar-refractivity contribution is 7.89. The summed E-state index contributed by atoms with van der Waals surface area (Å²) in [4.78, 5) is 11.8. The van der Waals surface area contributed by atoms with Crippen LogP contribution in [-0.2, 0) is 16.6 Å². The molecule has 1 aromatic heterocycles. The fourth-order valence-corrected chi connectivity index (χ4v) is 3.44. The van der Waals surface area contributed by atoms with E-state index in [1.54, 1.807) is 12.1 Å². The van der Waals surface area contributed by atoms with Gasteiger partial charge in [-0.1, -0.05) is 11.6 Å². The Balaban J connectivity index is 1.91. The second-order valence-electron chi connectivity index (χ2n) is 5.77. The molecule has 0 aliphatic rings. The molecule has 0 aliphatic carbocycles. The predicted octanol–water partition coefficient (Wildman–Crippen LogP) is 2.66. The van der Waals surface area contributed by atoms with Crippen molar-refractivity contribution < 1.29 is 13.2 Å². The number of hydrogen-bond acceptors (Lipinski definition) is 4. The monoisotopic (exact) mass is 384 g/mol. The van der Waals surface area contributed by atoms with Gasteiger partial charge < -0.3 is 9.30 Å². The van der Waals surface area contributed by atoms with E-state index in [0.29, 0.717) is 23.7 Å². The molecule has 25 heavy (non-hydrogen) atoms. The summed E-state index contributed by atoms with van der Waals surface area (Å²) in [7, 11) is -3.60. The van der Waals surface area contributed by atoms with Gasteiger partial charge in [0.2, 0.25) is 10.0 Å². The van der Waals surface area contributed by atoms with Gasteiger partial charge in [0.25, 0.3) is 5.56 Å². The van der Waals surface area contributed by atoms with Gasteiger partial charge in [0, 0.05) is 25.4 Å². The Morgan fingerprint density at radius 3 is 2.48 bits per heavy atom. The Hall–Kier alpha value is -1.83. The van der Waals surface area contributed by atoms with Crippen LogP contribution in [0.5, 0.6) is 5.75 Å². The van der Waals surface area contributed by atoms with Crippen LogP contribution in [-0.4, -0.2) is 25.6 Å². The van der Waals surface area contributed by atoms with Gasteiger partial charge in [-0.25, -0.2) is 13.1 Å². The number of aromatic nitrogens is 1. The fourth-order valence-electron chi connectivity index (χ4n) is 2.19. The molecule has 0 radical (unpaired) electrons. The molecule has 0 unspecified atom stereocenters. The molecule has 0 saturated heterocycles. The van der Waals surface area contributed by atoms with Gasteiger partial charge in [-0.05, 0) is 50.6 Å². The average Bonchev–Trinajstić information content (AvgIpc) is 2.54. The molecule has 0 aliphatic heterocycles. The van der Waals surface area contributed by atoms with Crippen molar-refractivity contribution >= 4 is 21.6 Å². The van der Waals surface area contributed by atoms with E-state index in [1.807, 2.05) is 13.8 Å². The maximum atomic E-state index is 12.3. The van der Waals surface area contributed by atoms with Gasteiger partial charge in [0.1, 0.15) is 5.75 Å². The highest BCUT2D eigenvalue weighted by atomic mass is 35.5. The summed E-state index contributed by atoms with van der Waals surface area (Å²) in [5.41, 5.74) is -0.173. The van der Waals surface area contributed by atoms with Crippen molar-refractivity contribution in [1.29, 1.82) is 0 Å². The van der Waals surface area contributed by atoms with E-state index in [0.717, 1.165) is 0 Å². The van der Waals surface area contributed by atoms with Crippen molar-refractivity contribution in [2.75, 3.05) is 6.54 Å². The Kier molecular flexibility index (Phi) is 6.64. The van der Waals surface area contributed by atoms with Crippen LogP contribution in [0.1, 0.15) is 20.3 Å². The molecule has 136 valence electrons. The second-order valence-corrected chi connectivity index (χ2v) is 7.97. The summed E-state index contributed by atoms with van der Waals surface area (Å²) in [6, 6.07) is 9.16.